The molecule has 0 radical (unpaired) electrons. The molecule has 4 aromatic carbocycles. The Labute approximate surface area is 289 Å². The molecule has 11 heteroatoms. The van der Waals surface area contributed by atoms with E-state index in [4.69, 9.17) is 9.47 Å². The zero-order chi connectivity index (χ0) is 33.4. The van der Waals surface area contributed by atoms with Gasteiger partial charge in [-0.1, -0.05) is 53.8 Å². The molecular formula is C38H31N3O6S2. The first kappa shape index (κ1) is 30.2. The number of ether oxygens (including phenoxy) is 2. The average Bonchev–Trinajstić information content (AvgIpc) is 3.86. The minimum atomic E-state index is -0.403. The molecule has 9 rings (SSSR count). The van der Waals surface area contributed by atoms with Gasteiger partial charge in [0.1, 0.15) is 11.5 Å². The van der Waals surface area contributed by atoms with E-state index in [0.29, 0.717) is 22.9 Å². The normalized spacial score (nSPS) is 26.4. The molecule has 1 saturated heterocycles. The highest BCUT2D eigenvalue weighted by Crippen LogP contribution is 2.68. The van der Waals surface area contributed by atoms with Crippen molar-refractivity contribution < 1.29 is 23.9 Å². The van der Waals surface area contributed by atoms with E-state index in [1.807, 2.05) is 66.7 Å². The van der Waals surface area contributed by atoms with Gasteiger partial charge in [0.2, 0.25) is 11.8 Å². The largest absolute Gasteiger partial charge is 0.497 e. The standard InChI is InChI=1S/C38H31N3O6S2/c1-46-24-13-11-23(12-14-24)41-36(43)31-26-17-27(32(31)37(41)44)33-30(26)29(34-35(48-33)40-38(45)49-34)21-7-4-8-25(16-21)47-18-28(42)39-22-10-9-19-5-2-3-6-20(19)15-22/h2-16,26-27,29-33H,17-18H2,1H3,(H,39,42)(H,40,45)/t26-,27-,29-,30?,31?,32?,33?/m1/s1. The highest BCUT2D eigenvalue weighted by Gasteiger charge is 2.69. The minimum Gasteiger partial charge on any atom is -0.497 e. The van der Waals surface area contributed by atoms with E-state index in [1.54, 1.807) is 43.1 Å². The lowest BCUT2D eigenvalue weighted by Crippen LogP contribution is -2.42. The van der Waals surface area contributed by atoms with E-state index in [2.05, 4.69) is 10.3 Å². The van der Waals surface area contributed by atoms with Gasteiger partial charge in [0.25, 0.3) is 5.91 Å². The minimum absolute atomic E-state index is 0.0140. The van der Waals surface area contributed by atoms with E-state index < -0.39 is 5.92 Å². The van der Waals surface area contributed by atoms with Gasteiger partial charge >= 0.3 is 4.87 Å². The zero-order valence-electron chi connectivity index (χ0n) is 26.3. The maximum absolute atomic E-state index is 14.1. The number of thioether (sulfide) groups is 1. The summed E-state index contributed by atoms with van der Waals surface area (Å²) in [6.07, 6.45) is 0.798. The van der Waals surface area contributed by atoms with Crippen LogP contribution in [0.4, 0.5) is 11.4 Å². The Morgan fingerprint density at radius 1 is 0.878 bits per heavy atom. The van der Waals surface area contributed by atoms with Crippen molar-refractivity contribution in [2.45, 2.75) is 22.6 Å². The number of imide groups is 1. The summed E-state index contributed by atoms with van der Waals surface area (Å²) >= 11 is 2.87. The number of amides is 3. The van der Waals surface area contributed by atoms with Crippen molar-refractivity contribution in [1.29, 1.82) is 0 Å². The van der Waals surface area contributed by atoms with Crippen LogP contribution in [0.5, 0.6) is 11.5 Å². The molecule has 9 nitrogen and oxygen atoms in total. The predicted octanol–water partition coefficient (Wildman–Crippen LogP) is 6.29. The molecule has 2 aliphatic heterocycles. The first-order valence-corrected chi connectivity index (χ1v) is 18.0. The van der Waals surface area contributed by atoms with Gasteiger partial charge in [-0.25, -0.2) is 0 Å². The third-order valence-corrected chi connectivity index (χ3v) is 13.3. The summed E-state index contributed by atoms with van der Waals surface area (Å²) in [6, 6.07) is 28.5. The van der Waals surface area contributed by atoms with Gasteiger partial charge in [-0.15, -0.1) is 11.8 Å². The Hall–Kier alpha value is -4.87. The monoisotopic (exact) mass is 689 g/mol. The smallest absolute Gasteiger partial charge is 0.305 e. The molecule has 7 atom stereocenters. The number of nitrogens with one attached hydrogen (secondary N) is 2. The maximum Gasteiger partial charge on any atom is 0.305 e. The van der Waals surface area contributed by atoms with E-state index >= 15 is 0 Å². The fourth-order valence-corrected chi connectivity index (χ4v) is 11.7. The molecule has 3 heterocycles. The molecule has 246 valence electrons. The summed E-state index contributed by atoms with van der Waals surface area (Å²) in [5.74, 6) is -0.232. The number of hydrogen-bond donors (Lipinski definition) is 2. The van der Waals surface area contributed by atoms with Crippen LogP contribution in [0.3, 0.4) is 0 Å². The molecule has 1 aromatic heterocycles. The van der Waals surface area contributed by atoms with Gasteiger partial charge in [0, 0.05) is 21.7 Å². The highest BCUT2D eigenvalue weighted by atomic mass is 32.2. The van der Waals surface area contributed by atoms with Gasteiger partial charge < -0.3 is 19.8 Å². The van der Waals surface area contributed by atoms with Crippen LogP contribution >= 0.6 is 23.1 Å². The summed E-state index contributed by atoms with van der Waals surface area (Å²) in [5, 5.41) is 5.96. The number of rotatable bonds is 7. The predicted molar refractivity (Wildman–Crippen MR) is 188 cm³/mol. The Morgan fingerprint density at radius 3 is 2.45 bits per heavy atom. The lowest BCUT2D eigenvalue weighted by atomic mass is 9.68. The van der Waals surface area contributed by atoms with Crippen molar-refractivity contribution in [3.05, 3.63) is 111 Å². The summed E-state index contributed by atoms with van der Waals surface area (Å²) in [4.78, 5) is 58.8. The molecule has 3 fully saturated rings. The molecule has 4 aliphatic rings. The maximum atomic E-state index is 14.1. The topological polar surface area (TPSA) is 118 Å². The Balaban J connectivity index is 0.983. The van der Waals surface area contributed by atoms with Crippen molar-refractivity contribution in [2.75, 3.05) is 23.9 Å². The number of carbonyl (C=O) groups is 3. The fourth-order valence-electron chi connectivity index (χ4n) is 8.79. The van der Waals surface area contributed by atoms with Crippen molar-refractivity contribution in [3.8, 4) is 11.5 Å². The lowest BCUT2D eigenvalue weighted by molar-refractivity contribution is -0.123. The molecule has 2 bridgehead atoms. The first-order chi connectivity index (χ1) is 23.9. The highest BCUT2D eigenvalue weighted by molar-refractivity contribution is 8.00. The number of aromatic amines is 1. The van der Waals surface area contributed by atoms with Gasteiger partial charge in [0.15, 0.2) is 6.61 Å². The van der Waals surface area contributed by atoms with Gasteiger partial charge in [-0.2, -0.15) is 0 Å². The Morgan fingerprint density at radius 2 is 1.65 bits per heavy atom. The quantitative estimate of drug-likeness (QED) is 0.193. The van der Waals surface area contributed by atoms with Crippen molar-refractivity contribution in [2.24, 2.45) is 29.6 Å². The number of nitrogens with zero attached hydrogens (tertiary/aromatic N) is 1. The van der Waals surface area contributed by atoms with Crippen molar-refractivity contribution in [3.63, 3.8) is 0 Å². The molecule has 2 aliphatic carbocycles. The number of thiazole rings is 1. The Bertz CT molecular complexity index is 2210. The zero-order valence-corrected chi connectivity index (χ0v) is 28.0. The summed E-state index contributed by atoms with van der Waals surface area (Å²) in [6.45, 7) is -0.169. The number of fused-ring (bicyclic) bond motifs is 10. The number of benzene rings is 4. The van der Waals surface area contributed by atoms with Crippen LogP contribution in [0.2, 0.25) is 0 Å². The second kappa shape index (κ2) is 11.6. The van der Waals surface area contributed by atoms with E-state index in [9.17, 15) is 19.2 Å². The van der Waals surface area contributed by atoms with E-state index in [1.165, 1.54) is 16.2 Å². The number of methoxy groups -OCH3 is 1. The van der Waals surface area contributed by atoms with Crippen LogP contribution in [0.25, 0.3) is 10.8 Å². The van der Waals surface area contributed by atoms with Crippen LogP contribution < -0.4 is 24.6 Å². The molecule has 4 unspecified atom stereocenters. The van der Waals surface area contributed by atoms with Crippen LogP contribution in [0, 0.1) is 29.6 Å². The fraction of sp³-hybridized carbons (Fsp3) is 0.263. The molecule has 3 amide bonds. The Kier molecular flexibility index (Phi) is 7.17. The molecule has 2 N–H and O–H groups in total. The second-order valence-corrected chi connectivity index (χ2v) is 15.3. The van der Waals surface area contributed by atoms with E-state index in [0.717, 1.165) is 32.7 Å². The molecule has 2 saturated carbocycles. The lowest BCUT2D eigenvalue weighted by Gasteiger charge is -2.43. The summed E-state index contributed by atoms with van der Waals surface area (Å²) in [5.41, 5.74) is 2.23. The number of anilines is 2. The van der Waals surface area contributed by atoms with Gasteiger partial charge in [-0.05, 0) is 89.0 Å². The van der Waals surface area contributed by atoms with Gasteiger partial charge in [0.05, 0.1) is 29.7 Å². The van der Waals surface area contributed by atoms with Crippen LogP contribution in [0.15, 0.2) is 101 Å². The SMILES string of the molecule is COc1ccc(N2C(=O)C3C(C2=O)[C@@H]2C[C@H]3C3Sc4[nH]c(=O)sc4[C@H](c4cccc(OCC(=O)Nc5ccc6ccccc6c5)c4)C32)cc1. The second-order valence-electron chi connectivity index (χ2n) is 13.1. The number of carbonyl (C=O) groups excluding carboxylic acids is 3. The first-order valence-electron chi connectivity index (χ1n) is 16.3. The van der Waals surface area contributed by atoms with Crippen molar-refractivity contribution >= 4 is 63.0 Å². The molecule has 0 spiro atoms. The van der Waals surface area contributed by atoms with Crippen LogP contribution in [-0.2, 0) is 14.4 Å². The average molecular weight is 690 g/mol. The van der Waals surface area contributed by atoms with Crippen molar-refractivity contribution in [1.82, 2.24) is 4.98 Å². The molecular weight excluding hydrogens is 659 g/mol. The summed E-state index contributed by atoms with van der Waals surface area (Å²) < 4.78 is 11.3. The van der Waals surface area contributed by atoms with E-state index in [-0.39, 0.29) is 64.0 Å². The van der Waals surface area contributed by atoms with Gasteiger partial charge in [-0.3, -0.25) is 24.1 Å². The molecule has 49 heavy (non-hydrogen) atoms. The van der Waals surface area contributed by atoms with Crippen LogP contribution in [-0.4, -0.2) is 41.7 Å². The number of hydrogen-bond acceptors (Lipinski definition) is 8. The third kappa shape index (κ3) is 4.89. The molecule has 5 aromatic rings. The number of H-pyrrole nitrogens is 1. The number of aromatic nitrogens is 1. The summed E-state index contributed by atoms with van der Waals surface area (Å²) in [7, 11) is 1.58. The van der Waals surface area contributed by atoms with Crippen LogP contribution in [0.1, 0.15) is 22.8 Å². The third-order valence-electron chi connectivity index (χ3n) is 10.7.